The lowest BCUT2D eigenvalue weighted by Gasteiger charge is -1.93. The number of fused-ring (bicyclic) bond motifs is 3. The van der Waals surface area contributed by atoms with Crippen LogP contribution in [0.5, 0.6) is 0 Å². The summed E-state index contributed by atoms with van der Waals surface area (Å²) < 4.78 is 2.13. The lowest BCUT2D eigenvalue weighted by Crippen LogP contribution is -1.84. The summed E-state index contributed by atoms with van der Waals surface area (Å²) in [5, 5.41) is 1.31. The van der Waals surface area contributed by atoms with Crippen molar-refractivity contribution in [2.45, 2.75) is 6.92 Å². The van der Waals surface area contributed by atoms with Crippen molar-refractivity contribution in [2.75, 3.05) is 0 Å². The van der Waals surface area contributed by atoms with Crippen LogP contribution in [0.15, 0.2) is 42.9 Å². The van der Waals surface area contributed by atoms with Crippen LogP contribution >= 0.6 is 0 Å². The third-order valence-electron chi connectivity index (χ3n) is 2.71. The number of para-hydroxylation sites is 1. The molecular weight excluding hydrogens is 172 g/mol. The second-order valence-corrected chi connectivity index (χ2v) is 3.48. The van der Waals surface area contributed by atoms with E-state index in [0.29, 0.717) is 0 Å². The molecule has 0 aliphatic heterocycles. The first-order valence-corrected chi connectivity index (χ1v) is 4.67. The summed E-state index contributed by atoms with van der Waals surface area (Å²) >= 11 is 0. The molecule has 2 aromatic heterocycles. The van der Waals surface area contributed by atoms with Gasteiger partial charge in [0.05, 0.1) is 17.4 Å². The molecule has 0 saturated carbocycles. The van der Waals surface area contributed by atoms with E-state index in [-0.39, 0.29) is 0 Å². The van der Waals surface area contributed by atoms with E-state index >= 15 is 0 Å². The second-order valence-electron chi connectivity index (χ2n) is 3.48. The van der Waals surface area contributed by atoms with E-state index in [2.05, 4.69) is 46.6 Å². The van der Waals surface area contributed by atoms with Gasteiger partial charge in [-0.25, -0.2) is 4.98 Å². The number of rotatable bonds is 0. The fraction of sp³-hybridized carbons (Fsp3) is 0.0833. The molecule has 0 bridgehead atoms. The highest BCUT2D eigenvalue weighted by Crippen LogP contribution is 2.24. The molecule has 2 heterocycles. The van der Waals surface area contributed by atoms with Gasteiger partial charge in [-0.1, -0.05) is 18.2 Å². The maximum atomic E-state index is 4.14. The highest BCUT2D eigenvalue weighted by atomic mass is 14.9. The SMILES string of the molecule is Cc1c2ccccc2n2cnccc12. The summed E-state index contributed by atoms with van der Waals surface area (Å²) in [4.78, 5) is 4.14. The minimum Gasteiger partial charge on any atom is -0.300 e. The van der Waals surface area contributed by atoms with Crippen LogP contribution in [-0.2, 0) is 0 Å². The molecule has 0 atom stereocenters. The standard InChI is InChI=1S/C12H10N2/c1-9-10-4-2-3-5-12(10)14-8-13-7-6-11(9)14/h2-8H,1H3. The molecule has 1 aromatic carbocycles. The van der Waals surface area contributed by atoms with Gasteiger partial charge in [0.2, 0.25) is 0 Å². The Hall–Kier alpha value is -1.83. The average Bonchev–Trinajstić information content (AvgIpc) is 2.55. The normalized spacial score (nSPS) is 11.2. The van der Waals surface area contributed by atoms with E-state index in [1.54, 1.807) is 0 Å². The van der Waals surface area contributed by atoms with Crippen LogP contribution in [0.2, 0.25) is 0 Å². The third kappa shape index (κ3) is 0.826. The molecule has 0 aliphatic rings. The third-order valence-corrected chi connectivity index (χ3v) is 2.71. The first-order chi connectivity index (χ1) is 6.88. The number of aryl methyl sites for hydroxylation is 1. The summed E-state index contributed by atoms with van der Waals surface area (Å²) in [7, 11) is 0. The molecule has 3 rings (SSSR count). The molecule has 0 spiro atoms. The fourth-order valence-electron chi connectivity index (χ4n) is 2.00. The number of hydrogen-bond donors (Lipinski definition) is 0. The van der Waals surface area contributed by atoms with E-state index in [4.69, 9.17) is 0 Å². The molecule has 0 aliphatic carbocycles. The zero-order valence-electron chi connectivity index (χ0n) is 7.94. The molecule has 0 N–H and O–H groups in total. The van der Waals surface area contributed by atoms with Gasteiger partial charge < -0.3 is 4.40 Å². The van der Waals surface area contributed by atoms with Gasteiger partial charge in [0, 0.05) is 11.6 Å². The molecule has 2 heteroatoms. The summed E-state index contributed by atoms with van der Waals surface area (Å²) in [5.41, 5.74) is 3.79. The van der Waals surface area contributed by atoms with E-state index < -0.39 is 0 Å². The van der Waals surface area contributed by atoms with Crippen molar-refractivity contribution >= 4 is 16.4 Å². The first-order valence-electron chi connectivity index (χ1n) is 4.67. The Labute approximate surface area is 81.8 Å². The highest BCUT2D eigenvalue weighted by molar-refractivity contribution is 5.91. The van der Waals surface area contributed by atoms with Gasteiger partial charge in [0.1, 0.15) is 0 Å². The van der Waals surface area contributed by atoms with Crippen molar-refractivity contribution in [1.82, 2.24) is 9.38 Å². The molecule has 0 fully saturated rings. The summed E-state index contributed by atoms with van der Waals surface area (Å²) in [6, 6.07) is 10.5. The van der Waals surface area contributed by atoms with Crippen molar-refractivity contribution in [3.63, 3.8) is 0 Å². The Morgan fingerprint density at radius 2 is 1.93 bits per heavy atom. The number of hydrogen-bond acceptors (Lipinski definition) is 1. The Bertz CT molecular complexity index is 555. The van der Waals surface area contributed by atoms with E-state index in [1.165, 1.54) is 22.0 Å². The smallest absolute Gasteiger partial charge is 0.0995 e. The number of nitrogens with zero attached hydrogens (tertiary/aromatic N) is 2. The van der Waals surface area contributed by atoms with Gasteiger partial charge in [0.15, 0.2) is 0 Å². The van der Waals surface area contributed by atoms with Crippen molar-refractivity contribution in [1.29, 1.82) is 0 Å². The summed E-state index contributed by atoms with van der Waals surface area (Å²) in [6.45, 7) is 2.15. The lowest BCUT2D eigenvalue weighted by atomic mass is 10.2. The predicted molar refractivity (Wildman–Crippen MR) is 57.4 cm³/mol. The van der Waals surface area contributed by atoms with Crippen LogP contribution in [0, 0.1) is 6.92 Å². The van der Waals surface area contributed by atoms with Crippen LogP contribution in [-0.4, -0.2) is 9.38 Å². The Kier molecular flexibility index (Phi) is 1.39. The minimum atomic E-state index is 1.23. The number of aromatic nitrogens is 2. The van der Waals surface area contributed by atoms with Crippen LogP contribution in [0.4, 0.5) is 0 Å². The van der Waals surface area contributed by atoms with Crippen LogP contribution < -0.4 is 0 Å². The fourth-order valence-corrected chi connectivity index (χ4v) is 2.00. The quantitative estimate of drug-likeness (QED) is 0.522. The van der Waals surface area contributed by atoms with Crippen LogP contribution in [0.3, 0.4) is 0 Å². The molecule has 0 amide bonds. The van der Waals surface area contributed by atoms with Crippen LogP contribution in [0.25, 0.3) is 16.4 Å². The maximum absolute atomic E-state index is 4.14. The maximum Gasteiger partial charge on any atom is 0.0995 e. The molecule has 68 valence electrons. The van der Waals surface area contributed by atoms with E-state index in [0.717, 1.165) is 0 Å². The van der Waals surface area contributed by atoms with Gasteiger partial charge >= 0.3 is 0 Å². The Balaban J connectivity index is 2.69. The van der Waals surface area contributed by atoms with Crippen molar-refractivity contribution < 1.29 is 0 Å². The zero-order valence-corrected chi connectivity index (χ0v) is 7.94. The number of benzene rings is 1. The van der Waals surface area contributed by atoms with Crippen molar-refractivity contribution in [2.24, 2.45) is 0 Å². The van der Waals surface area contributed by atoms with Crippen molar-refractivity contribution in [3.8, 4) is 0 Å². The average molecular weight is 182 g/mol. The Morgan fingerprint density at radius 1 is 1.07 bits per heavy atom. The second kappa shape index (κ2) is 2.58. The van der Waals surface area contributed by atoms with E-state index in [9.17, 15) is 0 Å². The van der Waals surface area contributed by atoms with E-state index in [1.807, 2.05) is 12.5 Å². The molecule has 0 unspecified atom stereocenters. The monoisotopic (exact) mass is 182 g/mol. The topological polar surface area (TPSA) is 17.3 Å². The highest BCUT2D eigenvalue weighted by Gasteiger charge is 2.05. The summed E-state index contributed by atoms with van der Waals surface area (Å²) in [5.74, 6) is 0. The zero-order chi connectivity index (χ0) is 9.54. The summed E-state index contributed by atoms with van der Waals surface area (Å²) in [6.07, 6.45) is 3.70. The van der Waals surface area contributed by atoms with Gasteiger partial charge in [-0.3, -0.25) is 0 Å². The molecule has 3 aromatic rings. The van der Waals surface area contributed by atoms with Crippen LogP contribution in [0.1, 0.15) is 5.56 Å². The molecular formula is C12H10N2. The predicted octanol–water partition coefficient (Wildman–Crippen LogP) is 2.80. The first kappa shape index (κ1) is 7.56. The van der Waals surface area contributed by atoms with Crippen molar-refractivity contribution in [3.05, 3.63) is 48.4 Å². The molecule has 2 nitrogen and oxygen atoms in total. The molecule has 14 heavy (non-hydrogen) atoms. The van der Waals surface area contributed by atoms with Gasteiger partial charge in [0.25, 0.3) is 0 Å². The molecule has 0 saturated heterocycles. The van der Waals surface area contributed by atoms with Gasteiger partial charge in [-0.15, -0.1) is 0 Å². The van der Waals surface area contributed by atoms with Gasteiger partial charge in [-0.2, -0.15) is 0 Å². The van der Waals surface area contributed by atoms with Gasteiger partial charge in [-0.05, 0) is 24.6 Å². The lowest BCUT2D eigenvalue weighted by molar-refractivity contribution is 1.12. The Morgan fingerprint density at radius 3 is 2.86 bits per heavy atom. The molecule has 0 radical (unpaired) electrons. The minimum absolute atomic E-state index is 1.23. The largest absolute Gasteiger partial charge is 0.300 e.